The van der Waals surface area contributed by atoms with Gasteiger partial charge in [-0.1, -0.05) is 0 Å². The molecule has 0 radical (unpaired) electrons. The van der Waals surface area contributed by atoms with E-state index in [1.165, 1.54) is 11.8 Å². The predicted octanol–water partition coefficient (Wildman–Crippen LogP) is 2.68. The highest BCUT2D eigenvalue weighted by Crippen LogP contribution is 2.27. The van der Waals surface area contributed by atoms with Gasteiger partial charge in [0.05, 0.1) is 0 Å². The van der Waals surface area contributed by atoms with E-state index in [9.17, 15) is 0 Å². The van der Waals surface area contributed by atoms with Crippen LogP contribution in [0.3, 0.4) is 0 Å². The number of hydrogen-bond donors (Lipinski definition) is 1. The molecule has 0 amide bonds. The monoisotopic (exact) mass is 296 g/mol. The summed E-state index contributed by atoms with van der Waals surface area (Å²) in [5.41, 5.74) is 6.53. The molecule has 2 heterocycles. The number of halogens is 1. The van der Waals surface area contributed by atoms with E-state index in [1.807, 2.05) is 19.1 Å². The van der Waals surface area contributed by atoms with E-state index in [0.717, 1.165) is 20.1 Å². The molecule has 0 unspecified atom stereocenters. The average molecular weight is 297 g/mol. The molecule has 0 aromatic carbocycles. The number of nitrogens with two attached hydrogens (primary N) is 1. The van der Waals surface area contributed by atoms with Gasteiger partial charge in [-0.3, -0.25) is 0 Å². The van der Waals surface area contributed by atoms with Crippen molar-refractivity contribution in [2.75, 3.05) is 5.73 Å². The fraction of sp³-hybridized carbons (Fsp3) is 0.100. The number of aromatic nitrogens is 3. The molecule has 0 bridgehead atoms. The van der Waals surface area contributed by atoms with Crippen LogP contribution >= 0.6 is 27.7 Å². The molecule has 16 heavy (non-hydrogen) atoms. The zero-order valence-electron chi connectivity index (χ0n) is 8.51. The van der Waals surface area contributed by atoms with Crippen LogP contribution in [0.1, 0.15) is 5.56 Å². The third kappa shape index (κ3) is 2.70. The van der Waals surface area contributed by atoms with Crippen LogP contribution in [0, 0.1) is 6.92 Å². The van der Waals surface area contributed by atoms with Gasteiger partial charge in [-0.25, -0.2) is 15.0 Å². The SMILES string of the molecule is Cc1cnc(N)nc1Sc1ccc(Br)cn1. The summed E-state index contributed by atoms with van der Waals surface area (Å²) in [7, 11) is 0. The fourth-order valence-corrected chi connectivity index (χ4v) is 2.09. The molecule has 82 valence electrons. The third-order valence-electron chi connectivity index (χ3n) is 1.85. The molecule has 0 spiro atoms. The van der Waals surface area contributed by atoms with Gasteiger partial charge in [0.15, 0.2) is 0 Å². The number of anilines is 1. The molecule has 0 aliphatic heterocycles. The summed E-state index contributed by atoms with van der Waals surface area (Å²) < 4.78 is 0.954. The van der Waals surface area contributed by atoms with Gasteiger partial charge in [-0.15, -0.1) is 0 Å². The second-order valence-corrected chi connectivity index (χ2v) is 5.06. The summed E-state index contributed by atoms with van der Waals surface area (Å²) in [6.07, 6.45) is 3.46. The Labute approximate surface area is 106 Å². The van der Waals surface area contributed by atoms with Gasteiger partial charge < -0.3 is 5.73 Å². The minimum absolute atomic E-state index is 0.283. The van der Waals surface area contributed by atoms with Crippen LogP contribution in [0.25, 0.3) is 0 Å². The van der Waals surface area contributed by atoms with Crippen LogP contribution in [0.4, 0.5) is 5.95 Å². The van der Waals surface area contributed by atoms with Crippen molar-refractivity contribution >= 4 is 33.6 Å². The Morgan fingerprint density at radius 2 is 2.06 bits per heavy atom. The quantitative estimate of drug-likeness (QED) is 0.863. The Kier molecular flexibility index (Phi) is 3.40. The van der Waals surface area contributed by atoms with Gasteiger partial charge in [-0.2, -0.15) is 0 Å². The molecule has 4 nitrogen and oxygen atoms in total. The molecule has 0 aliphatic rings. The van der Waals surface area contributed by atoms with Gasteiger partial charge in [-0.05, 0) is 46.7 Å². The summed E-state index contributed by atoms with van der Waals surface area (Å²) in [6.45, 7) is 1.95. The van der Waals surface area contributed by atoms with Crippen LogP contribution in [-0.4, -0.2) is 15.0 Å². The molecule has 0 saturated heterocycles. The molecule has 2 N–H and O–H groups in total. The van der Waals surface area contributed by atoms with Crippen molar-refractivity contribution < 1.29 is 0 Å². The number of pyridine rings is 1. The van der Waals surface area contributed by atoms with Crippen LogP contribution in [0.15, 0.2) is 39.1 Å². The zero-order valence-corrected chi connectivity index (χ0v) is 10.9. The Morgan fingerprint density at radius 3 is 2.75 bits per heavy atom. The lowest BCUT2D eigenvalue weighted by Crippen LogP contribution is -1.97. The molecule has 2 aromatic heterocycles. The van der Waals surface area contributed by atoms with Crippen molar-refractivity contribution in [3.05, 3.63) is 34.6 Å². The van der Waals surface area contributed by atoms with Crippen LogP contribution in [0.2, 0.25) is 0 Å². The van der Waals surface area contributed by atoms with E-state index >= 15 is 0 Å². The second kappa shape index (κ2) is 4.80. The normalized spacial score (nSPS) is 10.4. The second-order valence-electron chi connectivity index (χ2n) is 3.13. The highest BCUT2D eigenvalue weighted by molar-refractivity contribution is 9.10. The highest BCUT2D eigenvalue weighted by Gasteiger charge is 2.05. The van der Waals surface area contributed by atoms with Crippen LogP contribution in [-0.2, 0) is 0 Å². The van der Waals surface area contributed by atoms with Gasteiger partial charge in [0.2, 0.25) is 5.95 Å². The predicted molar refractivity (Wildman–Crippen MR) is 67.2 cm³/mol. The van der Waals surface area contributed by atoms with E-state index in [2.05, 4.69) is 30.9 Å². The summed E-state index contributed by atoms with van der Waals surface area (Å²) in [4.78, 5) is 12.3. The fourth-order valence-electron chi connectivity index (χ4n) is 1.06. The molecular formula is C10H9BrN4S. The van der Waals surface area contributed by atoms with Crippen LogP contribution < -0.4 is 5.73 Å². The van der Waals surface area contributed by atoms with E-state index in [-0.39, 0.29) is 5.95 Å². The van der Waals surface area contributed by atoms with Gasteiger partial charge in [0, 0.05) is 22.4 Å². The molecule has 6 heteroatoms. The first kappa shape index (κ1) is 11.3. The first-order valence-corrected chi connectivity index (χ1v) is 6.14. The topological polar surface area (TPSA) is 64.7 Å². The van der Waals surface area contributed by atoms with Crippen molar-refractivity contribution in [2.45, 2.75) is 17.0 Å². The molecular weight excluding hydrogens is 288 g/mol. The summed E-state index contributed by atoms with van der Waals surface area (Å²) >= 11 is 4.81. The Bertz CT molecular complexity index is 501. The Morgan fingerprint density at radius 1 is 1.25 bits per heavy atom. The van der Waals surface area contributed by atoms with E-state index in [1.54, 1.807) is 12.4 Å². The minimum Gasteiger partial charge on any atom is -0.368 e. The lowest BCUT2D eigenvalue weighted by atomic mass is 10.4. The number of rotatable bonds is 2. The highest BCUT2D eigenvalue weighted by atomic mass is 79.9. The van der Waals surface area contributed by atoms with Crippen LogP contribution in [0.5, 0.6) is 0 Å². The first-order chi connectivity index (χ1) is 7.65. The average Bonchev–Trinajstić information content (AvgIpc) is 2.27. The smallest absolute Gasteiger partial charge is 0.221 e. The van der Waals surface area contributed by atoms with Gasteiger partial charge >= 0.3 is 0 Å². The minimum atomic E-state index is 0.283. The summed E-state index contributed by atoms with van der Waals surface area (Å²) in [5.74, 6) is 0.283. The van der Waals surface area contributed by atoms with Crippen molar-refractivity contribution in [3.8, 4) is 0 Å². The number of hydrogen-bond acceptors (Lipinski definition) is 5. The number of nitrogen functional groups attached to an aromatic ring is 1. The van der Waals surface area contributed by atoms with E-state index in [0.29, 0.717) is 0 Å². The number of aryl methyl sites for hydroxylation is 1. The maximum atomic E-state index is 5.54. The van der Waals surface area contributed by atoms with Crippen molar-refractivity contribution in [2.24, 2.45) is 0 Å². The summed E-state index contributed by atoms with van der Waals surface area (Å²) in [5, 5.41) is 1.71. The third-order valence-corrected chi connectivity index (χ3v) is 3.37. The van der Waals surface area contributed by atoms with E-state index in [4.69, 9.17) is 5.73 Å². The zero-order chi connectivity index (χ0) is 11.5. The molecule has 2 aromatic rings. The van der Waals surface area contributed by atoms with Crippen molar-refractivity contribution in [1.29, 1.82) is 0 Å². The lowest BCUT2D eigenvalue weighted by Gasteiger charge is -2.03. The lowest BCUT2D eigenvalue weighted by molar-refractivity contribution is 1.01. The Hall–Kier alpha value is -1.14. The largest absolute Gasteiger partial charge is 0.368 e. The molecule has 0 aliphatic carbocycles. The maximum absolute atomic E-state index is 5.54. The van der Waals surface area contributed by atoms with Gasteiger partial charge in [0.25, 0.3) is 0 Å². The molecule has 2 rings (SSSR count). The number of nitrogens with zero attached hydrogens (tertiary/aromatic N) is 3. The standard InChI is InChI=1S/C10H9BrN4S/c1-6-4-14-10(12)15-9(6)16-8-3-2-7(11)5-13-8/h2-5H,1H3,(H2,12,14,15). The molecule has 0 atom stereocenters. The molecule has 0 fully saturated rings. The maximum Gasteiger partial charge on any atom is 0.221 e. The summed E-state index contributed by atoms with van der Waals surface area (Å²) in [6, 6.07) is 3.86. The Balaban J connectivity index is 2.26. The van der Waals surface area contributed by atoms with Gasteiger partial charge in [0.1, 0.15) is 10.1 Å². The van der Waals surface area contributed by atoms with Crippen molar-refractivity contribution in [1.82, 2.24) is 15.0 Å². The first-order valence-electron chi connectivity index (χ1n) is 4.53. The van der Waals surface area contributed by atoms with Crippen molar-refractivity contribution in [3.63, 3.8) is 0 Å². The van der Waals surface area contributed by atoms with E-state index < -0.39 is 0 Å². The molecule has 0 saturated carbocycles.